The molecule has 0 unspecified atom stereocenters. The fourth-order valence-electron chi connectivity index (χ4n) is 1.60. The third-order valence-corrected chi connectivity index (χ3v) is 2.38. The zero-order chi connectivity index (χ0) is 9.80. The largest absolute Gasteiger partial charge is 0.314 e. The lowest BCUT2D eigenvalue weighted by atomic mass is 10.3. The van der Waals surface area contributed by atoms with E-state index in [2.05, 4.69) is 15.2 Å². The SMILES string of the molecule is Fc1ccc(CN2CCNCC2)nc1. The Kier molecular flexibility index (Phi) is 3.06. The van der Waals surface area contributed by atoms with Gasteiger partial charge in [0.1, 0.15) is 5.82 Å². The van der Waals surface area contributed by atoms with Crippen molar-refractivity contribution < 1.29 is 4.39 Å². The summed E-state index contributed by atoms with van der Waals surface area (Å²) in [6.07, 6.45) is 1.28. The van der Waals surface area contributed by atoms with Crippen molar-refractivity contribution in [2.45, 2.75) is 6.54 Å². The van der Waals surface area contributed by atoms with Gasteiger partial charge in [0.2, 0.25) is 0 Å². The highest BCUT2D eigenvalue weighted by Gasteiger charge is 2.09. The average Bonchev–Trinajstić information content (AvgIpc) is 2.23. The molecule has 0 aliphatic carbocycles. The lowest BCUT2D eigenvalue weighted by Crippen LogP contribution is -2.43. The first-order valence-corrected chi connectivity index (χ1v) is 4.88. The molecule has 1 N–H and O–H groups in total. The molecule has 3 nitrogen and oxygen atoms in total. The number of nitrogens with zero attached hydrogens (tertiary/aromatic N) is 2. The smallest absolute Gasteiger partial charge is 0.141 e. The van der Waals surface area contributed by atoms with Gasteiger partial charge in [0.05, 0.1) is 11.9 Å². The van der Waals surface area contributed by atoms with E-state index in [1.807, 2.05) is 0 Å². The van der Waals surface area contributed by atoms with Crippen LogP contribution in [0.4, 0.5) is 4.39 Å². The summed E-state index contributed by atoms with van der Waals surface area (Å²) in [7, 11) is 0. The molecule has 1 aliphatic rings. The third-order valence-electron chi connectivity index (χ3n) is 2.38. The predicted molar refractivity (Wildman–Crippen MR) is 52.3 cm³/mol. The van der Waals surface area contributed by atoms with Crippen LogP contribution < -0.4 is 5.32 Å². The molecule has 1 saturated heterocycles. The summed E-state index contributed by atoms with van der Waals surface area (Å²) in [4.78, 5) is 6.35. The van der Waals surface area contributed by atoms with Crippen LogP contribution >= 0.6 is 0 Å². The van der Waals surface area contributed by atoms with E-state index in [1.165, 1.54) is 12.3 Å². The molecule has 2 rings (SSSR count). The van der Waals surface area contributed by atoms with Crippen LogP contribution in [0.2, 0.25) is 0 Å². The Morgan fingerprint density at radius 2 is 2.14 bits per heavy atom. The highest BCUT2D eigenvalue weighted by molar-refractivity contribution is 5.05. The molecule has 2 heterocycles. The standard InChI is InChI=1S/C10H14FN3/c11-9-1-2-10(13-7-9)8-14-5-3-12-4-6-14/h1-2,7,12H,3-6,8H2. The minimum Gasteiger partial charge on any atom is -0.314 e. The van der Waals surface area contributed by atoms with Gasteiger partial charge in [0.15, 0.2) is 0 Å². The summed E-state index contributed by atoms with van der Waals surface area (Å²) in [6.45, 7) is 4.96. The Bertz CT molecular complexity index is 280. The summed E-state index contributed by atoms with van der Waals surface area (Å²) in [5.74, 6) is -0.269. The van der Waals surface area contributed by atoms with E-state index in [0.29, 0.717) is 0 Å². The molecule has 0 radical (unpaired) electrons. The molecular formula is C10H14FN3. The van der Waals surface area contributed by atoms with Crippen LogP contribution in [-0.2, 0) is 6.54 Å². The lowest BCUT2D eigenvalue weighted by molar-refractivity contribution is 0.230. The van der Waals surface area contributed by atoms with Crippen molar-refractivity contribution in [1.29, 1.82) is 0 Å². The summed E-state index contributed by atoms with van der Waals surface area (Å²) in [6, 6.07) is 3.21. The monoisotopic (exact) mass is 195 g/mol. The van der Waals surface area contributed by atoms with Crippen LogP contribution in [0.5, 0.6) is 0 Å². The van der Waals surface area contributed by atoms with Crippen LogP contribution in [-0.4, -0.2) is 36.1 Å². The van der Waals surface area contributed by atoms with Gasteiger partial charge in [-0.05, 0) is 12.1 Å². The van der Waals surface area contributed by atoms with Gasteiger partial charge in [0, 0.05) is 32.7 Å². The minimum absolute atomic E-state index is 0.269. The van der Waals surface area contributed by atoms with E-state index < -0.39 is 0 Å². The van der Waals surface area contributed by atoms with E-state index in [1.54, 1.807) is 6.07 Å². The number of hydrogen-bond donors (Lipinski definition) is 1. The molecule has 0 saturated carbocycles. The lowest BCUT2D eigenvalue weighted by Gasteiger charge is -2.26. The topological polar surface area (TPSA) is 28.2 Å². The summed E-state index contributed by atoms with van der Waals surface area (Å²) in [5.41, 5.74) is 0.938. The van der Waals surface area contributed by atoms with E-state index in [0.717, 1.165) is 38.4 Å². The molecule has 4 heteroatoms. The number of nitrogens with one attached hydrogen (secondary N) is 1. The number of aromatic nitrogens is 1. The number of pyridine rings is 1. The maximum Gasteiger partial charge on any atom is 0.141 e. The first kappa shape index (κ1) is 9.55. The van der Waals surface area contributed by atoms with Crippen LogP contribution in [0.3, 0.4) is 0 Å². The van der Waals surface area contributed by atoms with Gasteiger partial charge in [-0.1, -0.05) is 0 Å². The van der Waals surface area contributed by atoms with Crippen molar-refractivity contribution in [3.05, 3.63) is 29.8 Å². The molecule has 1 aromatic rings. The summed E-state index contributed by atoms with van der Waals surface area (Å²) in [5, 5.41) is 3.29. The van der Waals surface area contributed by atoms with Gasteiger partial charge in [0.25, 0.3) is 0 Å². The van der Waals surface area contributed by atoms with Crippen molar-refractivity contribution in [1.82, 2.24) is 15.2 Å². The molecule has 1 aliphatic heterocycles. The van der Waals surface area contributed by atoms with Crippen molar-refractivity contribution in [3.8, 4) is 0 Å². The first-order valence-electron chi connectivity index (χ1n) is 4.88. The van der Waals surface area contributed by atoms with Crippen molar-refractivity contribution in [2.75, 3.05) is 26.2 Å². The van der Waals surface area contributed by atoms with E-state index in [4.69, 9.17) is 0 Å². The van der Waals surface area contributed by atoms with Gasteiger partial charge >= 0.3 is 0 Å². The molecule has 76 valence electrons. The number of hydrogen-bond acceptors (Lipinski definition) is 3. The molecule has 0 amide bonds. The van der Waals surface area contributed by atoms with Crippen molar-refractivity contribution >= 4 is 0 Å². The Morgan fingerprint density at radius 3 is 2.79 bits per heavy atom. The van der Waals surface area contributed by atoms with E-state index in [-0.39, 0.29) is 5.82 Å². The van der Waals surface area contributed by atoms with Gasteiger partial charge in [-0.15, -0.1) is 0 Å². The second-order valence-corrected chi connectivity index (χ2v) is 3.49. The number of halogens is 1. The van der Waals surface area contributed by atoms with Crippen molar-refractivity contribution in [2.24, 2.45) is 0 Å². The molecule has 0 atom stereocenters. The normalized spacial score (nSPS) is 18.4. The Labute approximate surface area is 82.9 Å². The highest BCUT2D eigenvalue weighted by atomic mass is 19.1. The summed E-state index contributed by atoms with van der Waals surface area (Å²) < 4.78 is 12.6. The maximum atomic E-state index is 12.6. The van der Waals surface area contributed by atoms with E-state index >= 15 is 0 Å². The molecule has 0 aromatic carbocycles. The third kappa shape index (κ3) is 2.49. The Morgan fingerprint density at radius 1 is 1.36 bits per heavy atom. The van der Waals surface area contributed by atoms with Crippen LogP contribution in [0.15, 0.2) is 18.3 Å². The van der Waals surface area contributed by atoms with Gasteiger partial charge < -0.3 is 5.32 Å². The van der Waals surface area contributed by atoms with Crippen LogP contribution in [0.1, 0.15) is 5.69 Å². The molecule has 0 bridgehead atoms. The molecular weight excluding hydrogens is 181 g/mol. The fraction of sp³-hybridized carbons (Fsp3) is 0.500. The predicted octanol–water partition coefficient (Wildman–Crippen LogP) is 0.626. The Balaban J connectivity index is 1.92. The average molecular weight is 195 g/mol. The highest BCUT2D eigenvalue weighted by Crippen LogP contribution is 2.03. The molecule has 1 aromatic heterocycles. The fourth-order valence-corrected chi connectivity index (χ4v) is 1.60. The second-order valence-electron chi connectivity index (χ2n) is 3.49. The van der Waals surface area contributed by atoms with Crippen molar-refractivity contribution in [3.63, 3.8) is 0 Å². The first-order chi connectivity index (χ1) is 6.84. The zero-order valence-corrected chi connectivity index (χ0v) is 8.04. The quantitative estimate of drug-likeness (QED) is 0.750. The van der Waals surface area contributed by atoms with E-state index in [9.17, 15) is 4.39 Å². The number of piperazine rings is 1. The van der Waals surface area contributed by atoms with Crippen LogP contribution in [0, 0.1) is 5.82 Å². The second kappa shape index (κ2) is 4.48. The Hall–Kier alpha value is -1.00. The van der Waals surface area contributed by atoms with Crippen LogP contribution in [0.25, 0.3) is 0 Å². The maximum absolute atomic E-state index is 12.6. The molecule has 0 spiro atoms. The summed E-state index contributed by atoms with van der Waals surface area (Å²) >= 11 is 0. The van der Waals surface area contributed by atoms with Gasteiger partial charge in [-0.2, -0.15) is 0 Å². The van der Waals surface area contributed by atoms with Gasteiger partial charge in [-0.25, -0.2) is 4.39 Å². The zero-order valence-electron chi connectivity index (χ0n) is 8.04. The molecule has 1 fully saturated rings. The molecule has 14 heavy (non-hydrogen) atoms. The van der Waals surface area contributed by atoms with Gasteiger partial charge in [-0.3, -0.25) is 9.88 Å². The number of rotatable bonds is 2. The minimum atomic E-state index is -0.269.